The van der Waals surface area contributed by atoms with Crippen molar-refractivity contribution in [3.63, 3.8) is 0 Å². The molecule has 0 spiro atoms. The van der Waals surface area contributed by atoms with Crippen molar-refractivity contribution in [2.45, 2.75) is 50.5 Å². The summed E-state index contributed by atoms with van der Waals surface area (Å²) in [6.07, 6.45) is 0.721. The lowest BCUT2D eigenvalue weighted by molar-refractivity contribution is -0.120. The standard InChI is InChI=1S/C27H32N2O3S/c1-21-13-11-12-18-25(21)29(33(31,32)24-16-9-6-10-17-24)20-26(30)28-22(2)19-27(3,4)23-14-7-5-8-15-23/h5-18,22H,19-20H2,1-4H3,(H,28,30). The van der Waals surface area contributed by atoms with Crippen LogP contribution in [0.5, 0.6) is 0 Å². The highest BCUT2D eigenvalue weighted by Crippen LogP contribution is 2.29. The summed E-state index contributed by atoms with van der Waals surface area (Å²) in [5.41, 5.74) is 2.33. The Hall–Kier alpha value is -3.12. The van der Waals surface area contributed by atoms with Crippen LogP contribution in [0.2, 0.25) is 0 Å². The van der Waals surface area contributed by atoms with Crippen molar-refractivity contribution in [1.29, 1.82) is 0 Å². The van der Waals surface area contributed by atoms with Crippen LogP contribution in [0.4, 0.5) is 5.69 Å². The van der Waals surface area contributed by atoms with Gasteiger partial charge in [-0.05, 0) is 55.0 Å². The number of rotatable bonds is 9. The zero-order chi connectivity index (χ0) is 24.1. The molecule has 33 heavy (non-hydrogen) atoms. The van der Waals surface area contributed by atoms with Crippen LogP contribution in [0, 0.1) is 6.92 Å². The molecule has 0 aliphatic heterocycles. The van der Waals surface area contributed by atoms with Gasteiger partial charge in [-0.1, -0.05) is 80.6 Å². The molecule has 174 valence electrons. The van der Waals surface area contributed by atoms with Gasteiger partial charge in [0.15, 0.2) is 0 Å². The second kappa shape index (κ2) is 10.2. The Labute approximate surface area is 197 Å². The predicted octanol–water partition coefficient (Wildman–Crippen LogP) is 5.06. The maximum Gasteiger partial charge on any atom is 0.264 e. The smallest absolute Gasteiger partial charge is 0.264 e. The first kappa shape index (κ1) is 24.5. The maximum atomic E-state index is 13.5. The van der Waals surface area contributed by atoms with Crippen molar-refractivity contribution in [3.05, 3.63) is 96.1 Å². The molecule has 1 unspecified atom stereocenters. The SMILES string of the molecule is Cc1ccccc1N(CC(=O)NC(C)CC(C)(C)c1ccccc1)S(=O)(=O)c1ccccc1. The zero-order valence-electron chi connectivity index (χ0n) is 19.7. The fourth-order valence-corrected chi connectivity index (χ4v) is 5.64. The average Bonchev–Trinajstić information content (AvgIpc) is 2.79. The van der Waals surface area contributed by atoms with Crippen LogP contribution >= 0.6 is 0 Å². The summed E-state index contributed by atoms with van der Waals surface area (Å²) < 4.78 is 28.1. The summed E-state index contributed by atoms with van der Waals surface area (Å²) in [5, 5.41) is 3.00. The quantitative estimate of drug-likeness (QED) is 0.481. The second-order valence-electron chi connectivity index (χ2n) is 9.03. The van der Waals surface area contributed by atoms with Crippen molar-refractivity contribution < 1.29 is 13.2 Å². The highest BCUT2D eigenvalue weighted by molar-refractivity contribution is 7.92. The molecular formula is C27H32N2O3S. The van der Waals surface area contributed by atoms with Gasteiger partial charge in [-0.25, -0.2) is 8.42 Å². The van der Waals surface area contributed by atoms with E-state index >= 15 is 0 Å². The van der Waals surface area contributed by atoms with Crippen LogP contribution in [-0.4, -0.2) is 26.9 Å². The van der Waals surface area contributed by atoms with E-state index in [9.17, 15) is 13.2 Å². The first-order valence-electron chi connectivity index (χ1n) is 11.1. The van der Waals surface area contributed by atoms with Crippen LogP contribution in [0.25, 0.3) is 0 Å². The molecule has 0 aliphatic rings. The van der Waals surface area contributed by atoms with Crippen LogP contribution in [0.15, 0.2) is 89.8 Å². The molecule has 0 aliphatic carbocycles. The molecule has 1 amide bonds. The number of benzene rings is 3. The van der Waals surface area contributed by atoms with Crippen molar-refractivity contribution >= 4 is 21.6 Å². The molecule has 0 radical (unpaired) electrons. The molecule has 0 aromatic heterocycles. The normalized spacial score (nSPS) is 12.7. The summed E-state index contributed by atoms with van der Waals surface area (Å²) in [6, 6.07) is 25.4. The molecule has 3 aromatic rings. The average molecular weight is 465 g/mol. The molecule has 0 bridgehead atoms. The number of para-hydroxylation sites is 1. The predicted molar refractivity (Wildman–Crippen MR) is 134 cm³/mol. The van der Waals surface area contributed by atoms with Gasteiger partial charge in [0.1, 0.15) is 6.54 Å². The van der Waals surface area contributed by atoms with Crippen LogP contribution < -0.4 is 9.62 Å². The Morgan fingerprint density at radius 2 is 1.45 bits per heavy atom. The van der Waals surface area contributed by atoms with E-state index in [2.05, 4.69) is 31.3 Å². The Kier molecular flexibility index (Phi) is 7.59. The summed E-state index contributed by atoms with van der Waals surface area (Å²) in [5.74, 6) is -0.339. The van der Waals surface area contributed by atoms with Crippen molar-refractivity contribution in [3.8, 4) is 0 Å². The third-order valence-electron chi connectivity index (χ3n) is 5.78. The topological polar surface area (TPSA) is 66.5 Å². The van der Waals surface area contributed by atoms with Crippen molar-refractivity contribution in [1.82, 2.24) is 5.32 Å². The number of hydrogen-bond donors (Lipinski definition) is 1. The van der Waals surface area contributed by atoms with E-state index < -0.39 is 10.0 Å². The number of amides is 1. The number of nitrogens with one attached hydrogen (secondary N) is 1. The van der Waals surface area contributed by atoms with E-state index in [1.807, 2.05) is 44.2 Å². The van der Waals surface area contributed by atoms with Crippen molar-refractivity contribution in [2.75, 3.05) is 10.8 Å². The van der Waals surface area contributed by atoms with Crippen LogP contribution in [0.3, 0.4) is 0 Å². The third-order valence-corrected chi connectivity index (χ3v) is 7.56. The molecule has 0 heterocycles. The third kappa shape index (κ3) is 6.02. The van der Waals surface area contributed by atoms with Crippen molar-refractivity contribution in [2.24, 2.45) is 0 Å². The first-order chi connectivity index (χ1) is 15.6. The molecular weight excluding hydrogens is 432 g/mol. The van der Waals surface area contributed by atoms with E-state index in [1.165, 1.54) is 9.87 Å². The molecule has 0 saturated heterocycles. The van der Waals surface area contributed by atoms with Gasteiger partial charge in [0.05, 0.1) is 10.6 Å². The number of carbonyl (C=O) groups is 1. The lowest BCUT2D eigenvalue weighted by atomic mass is 9.79. The first-order valence-corrected chi connectivity index (χ1v) is 12.5. The van der Waals surface area contributed by atoms with E-state index in [0.29, 0.717) is 5.69 Å². The Morgan fingerprint density at radius 1 is 0.909 bits per heavy atom. The Balaban J connectivity index is 1.80. The van der Waals surface area contributed by atoms with E-state index in [0.717, 1.165) is 12.0 Å². The highest BCUT2D eigenvalue weighted by atomic mass is 32.2. The minimum absolute atomic E-state index is 0.133. The largest absolute Gasteiger partial charge is 0.352 e. The van der Waals surface area contributed by atoms with Gasteiger partial charge in [-0.15, -0.1) is 0 Å². The van der Waals surface area contributed by atoms with E-state index in [-0.39, 0.29) is 28.8 Å². The van der Waals surface area contributed by atoms with Crippen LogP contribution in [0.1, 0.15) is 38.3 Å². The van der Waals surface area contributed by atoms with Gasteiger partial charge in [0, 0.05) is 6.04 Å². The zero-order valence-corrected chi connectivity index (χ0v) is 20.5. The minimum atomic E-state index is -3.91. The molecule has 1 N–H and O–H groups in total. The van der Waals surface area contributed by atoms with Gasteiger partial charge in [0.2, 0.25) is 5.91 Å². The molecule has 5 nitrogen and oxygen atoms in total. The molecule has 0 saturated carbocycles. The van der Waals surface area contributed by atoms with Gasteiger partial charge in [-0.3, -0.25) is 9.10 Å². The number of hydrogen-bond acceptors (Lipinski definition) is 3. The van der Waals surface area contributed by atoms with E-state index in [4.69, 9.17) is 0 Å². The number of carbonyl (C=O) groups excluding carboxylic acids is 1. The highest BCUT2D eigenvalue weighted by Gasteiger charge is 2.29. The van der Waals surface area contributed by atoms with Gasteiger partial charge < -0.3 is 5.32 Å². The lowest BCUT2D eigenvalue weighted by Gasteiger charge is -2.30. The van der Waals surface area contributed by atoms with E-state index in [1.54, 1.807) is 42.5 Å². The lowest BCUT2D eigenvalue weighted by Crippen LogP contribution is -2.45. The Bertz CT molecular complexity index is 1180. The fraction of sp³-hybridized carbons (Fsp3) is 0.296. The molecule has 6 heteroatoms. The molecule has 0 fully saturated rings. The van der Waals surface area contributed by atoms with Crippen LogP contribution in [-0.2, 0) is 20.2 Å². The minimum Gasteiger partial charge on any atom is -0.352 e. The fourth-order valence-electron chi connectivity index (χ4n) is 4.14. The number of anilines is 1. The second-order valence-corrected chi connectivity index (χ2v) is 10.9. The summed E-state index contributed by atoms with van der Waals surface area (Å²) in [7, 11) is -3.91. The summed E-state index contributed by atoms with van der Waals surface area (Å²) >= 11 is 0. The van der Waals surface area contributed by atoms with Gasteiger partial charge in [-0.2, -0.15) is 0 Å². The van der Waals surface area contributed by atoms with Gasteiger partial charge in [0.25, 0.3) is 10.0 Å². The number of nitrogens with zero attached hydrogens (tertiary/aromatic N) is 1. The summed E-state index contributed by atoms with van der Waals surface area (Å²) in [6.45, 7) is 7.78. The summed E-state index contributed by atoms with van der Waals surface area (Å²) in [4.78, 5) is 13.2. The maximum absolute atomic E-state index is 13.5. The van der Waals surface area contributed by atoms with Gasteiger partial charge >= 0.3 is 0 Å². The molecule has 3 aromatic carbocycles. The number of aryl methyl sites for hydroxylation is 1. The monoisotopic (exact) mass is 464 g/mol. The number of sulfonamides is 1. The Morgan fingerprint density at radius 3 is 2.06 bits per heavy atom. The molecule has 1 atom stereocenters. The molecule has 3 rings (SSSR count).